The van der Waals surface area contributed by atoms with Gasteiger partial charge in [-0.25, -0.2) is 9.07 Å². The maximum absolute atomic E-state index is 13.9. The molecule has 4 rings (SSSR count). The van der Waals surface area contributed by atoms with Crippen molar-refractivity contribution >= 4 is 22.5 Å². The van der Waals surface area contributed by atoms with Crippen LogP contribution < -0.4 is 10.9 Å². The SMILES string of the molecule is CCc1nn([C@H](CC)C(=O)NCc2ccccc2F)c(=O)c2cc3oc(C)cc3n12. The summed E-state index contributed by atoms with van der Waals surface area (Å²) in [5.41, 5.74) is 1.82. The van der Waals surface area contributed by atoms with Crippen LogP contribution in [0.3, 0.4) is 0 Å². The van der Waals surface area contributed by atoms with Crippen molar-refractivity contribution in [2.75, 3.05) is 0 Å². The van der Waals surface area contributed by atoms with Gasteiger partial charge in [-0.3, -0.25) is 14.0 Å². The zero-order valence-electron chi connectivity index (χ0n) is 17.1. The molecule has 156 valence electrons. The first-order valence-electron chi connectivity index (χ1n) is 9.99. The molecular formula is C22H23FN4O3. The molecule has 1 aromatic carbocycles. The quantitative estimate of drug-likeness (QED) is 0.527. The Bertz CT molecular complexity index is 1300. The molecule has 4 aromatic rings. The lowest BCUT2D eigenvalue weighted by Gasteiger charge is -2.18. The molecule has 30 heavy (non-hydrogen) atoms. The number of fused-ring (bicyclic) bond motifs is 3. The van der Waals surface area contributed by atoms with Gasteiger partial charge in [-0.15, -0.1) is 0 Å². The van der Waals surface area contributed by atoms with Gasteiger partial charge in [-0.1, -0.05) is 32.0 Å². The van der Waals surface area contributed by atoms with E-state index in [1.54, 1.807) is 28.7 Å². The summed E-state index contributed by atoms with van der Waals surface area (Å²) < 4.78 is 22.5. The predicted octanol–water partition coefficient (Wildman–Crippen LogP) is 3.52. The fraction of sp³-hybridized carbons (Fsp3) is 0.318. The number of rotatable bonds is 6. The Morgan fingerprint density at radius 2 is 2.00 bits per heavy atom. The van der Waals surface area contributed by atoms with Gasteiger partial charge in [-0.2, -0.15) is 5.10 Å². The third-order valence-corrected chi connectivity index (χ3v) is 5.23. The van der Waals surface area contributed by atoms with Crippen LogP contribution >= 0.6 is 0 Å². The number of aryl methyl sites for hydroxylation is 2. The number of amides is 1. The second kappa shape index (κ2) is 7.78. The molecule has 7 nitrogen and oxygen atoms in total. The number of carbonyl (C=O) groups excluding carboxylic acids is 1. The molecule has 1 amide bonds. The van der Waals surface area contributed by atoms with Crippen molar-refractivity contribution in [1.82, 2.24) is 19.5 Å². The summed E-state index contributed by atoms with van der Waals surface area (Å²) in [4.78, 5) is 26.0. The molecule has 0 saturated heterocycles. The van der Waals surface area contributed by atoms with Gasteiger partial charge < -0.3 is 9.73 Å². The number of halogens is 1. The minimum absolute atomic E-state index is 0.0387. The largest absolute Gasteiger partial charge is 0.460 e. The number of carbonyl (C=O) groups is 1. The van der Waals surface area contributed by atoms with Crippen LogP contribution in [0.2, 0.25) is 0 Å². The van der Waals surface area contributed by atoms with Gasteiger partial charge in [-0.05, 0) is 19.4 Å². The van der Waals surface area contributed by atoms with Crippen LogP contribution in [0, 0.1) is 12.7 Å². The summed E-state index contributed by atoms with van der Waals surface area (Å²) in [5.74, 6) is 0.634. The van der Waals surface area contributed by atoms with Gasteiger partial charge >= 0.3 is 0 Å². The number of nitrogens with one attached hydrogen (secondary N) is 1. The first-order chi connectivity index (χ1) is 14.4. The van der Waals surface area contributed by atoms with Gasteiger partial charge in [0.1, 0.15) is 29.0 Å². The molecule has 0 spiro atoms. The van der Waals surface area contributed by atoms with Crippen molar-refractivity contribution in [2.24, 2.45) is 0 Å². The minimum atomic E-state index is -0.803. The average molecular weight is 410 g/mol. The molecule has 1 N–H and O–H groups in total. The van der Waals surface area contributed by atoms with Crippen molar-refractivity contribution in [1.29, 1.82) is 0 Å². The van der Waals surface area contributed by atoms with E-state index in [1.807, 2.05) is 26.8 Å². The molecular weight excluding hydrogens is 387 g/mol. The van der Waals surface area contributed by atoms with Crippen molar-refractivity contribution in [2.45, 2.75) is 46.2 Å². The summed E-state index contributed by atoms with van der Waals surface area (Å²) in [5, 5.41) is 7.23. The number of aromatic nitrogens is 3. The molecule has 0 bridgehead atoms. The van der Waals surface area contributed by atoms with E-state index >= 15 is 0 Å². The lowest BCUT2D eigenvalue weighted by atomic mass is 10.2. The average Bonchev–Trinajstić information content (AvgIpc) is 3.26. The minimum Gasteiger partial charge on any atom is -0.460 e. The third kappa shape index (κ3) is 3.28. The molecule has 0 unspecified atom stereocenters. The first kappa shape index (κ1) is 19.9. The normalized spacial score (nSPS) is 12.5. The van der Waals surface area contributed by atoms with E-state index in [9.17, 15) is 14.0 Å². The van der Waals surface area contributed by atoms with E-state index in [-0.39, 0.29) is 23.8 Å². The zero-order chi connectivity index (χ0) is 21.4. The van der Waals surface area contributed by atoms with Crippen molar-refractivity contribution in [3.8, 4) is 0 Å². The Morgan fingerprint density at radius 3 is 2.70 bits per heavy atom. The van der Waals surface area contributed by atoms with E-state index in [0.717, 1.165) is 11.3 Å². The highest BCUT2D eigenvalue weighted by Gasteiger charge is 2.24. The van der Waals surface area contributed by atoms with Gasteiger partial charge in [0.15, 0.2) is 5.58 Å². The predicted molar refractivity (Wildman–Crippen MR) is 111 cm³/mol. The monoisotopic (exact) mass is 410 g/mol. The van der Waals surface area contributed by atoms with Crippen molar-refractivity contribution < 1.29 is 13.6 Å². The van der Waals surface area contributed by atoms with E-state index in [0.29, 0.717) is 35.3 Å². The van der Waals surface area contributed by atoms with Crippen LogP contribution in [-0.4, -0.2) is 20.1 Å². The van der Waals surface area contributed by atoms with E-state index in [4.69, 9.17) is 4.42 Å². The van der Waals surface area contributed by atoms with Crippen molar-refractivity contribution in [3.05, 3.63) is 69.7 Å². The van der Waals surface area contributed by atoms with Crippen LogP contribution in [0.15, 0.2) is 45.6 Å². The van der Waals surface area contributed by atoms with Crippen LogP contribution in [0.5, 0.6) is 0 Å². The van der Waals surface area contributed by atoms with Crippen LogP contribution in [-0.2, 0) is 17.8 Å². The number of hydrogen-bond donors (Lipinski definition) is 1. The molecule has 0 aliphatic heterocycles. The summed E-state index contributed by atoms with van der Waals surface area (Å²) in [7, 11) is 0. The van der Waals surface area contributed by atoms with E-state index in [1.165, 1.54) is 10.7 Å². The summed E-state index contributed by atoms with van der Waals surface area (Å²) >= 11 is 0. The van der Waals surface area contributed by atoms with Crippen molar-refractivity contribution in [3.63, 3.8) is 0 Å². The molecule has 0 radical (unpaired) electrons. The third-order valence-electron chi connectivity index (χ3n) is 5.23. The molecule has 0 fully saturated rings. The molecule has 1 atom stereocenters. The zero-order valence-corrected chi connectivity index (χ0v) is 17.1. The summed E-state index contributed by atoms with van der Waals surface area (Å²) in [6.45, 7) is 5.63. The van der Waals surface area contributed by atoms with Crippen LogP contribution in [0.4, 0.5) is 4.39 Å². The van der Waals surface area contributed by atoms with E-state index in [2.05, 4.69) is 10.4 Å². The Balaban J connectivity index is 1.72. The molecule has 8 heteroatoms. The molecule has 0 aliphatic carbocycles. The van der Waals surface area contributed by atoms with E-state index < -0.39 is 6.04 Å². The smallest absolute Gasteiger partial charge is 0.291 e. The Morgan fingerprint density at radius 1 is 1.23 bits per heavy atom. The van der Waals surface area contributed by atoms with Gasteiger partial charge in [0.05, 0.1) is 5.52 Å². The Labute approximate surface area is 172 Å². The topological polar surface area (TPSA) is 81.5 Å². The lowest BCUT2D eigenvalue weighted by Crippen LogP contribution is -2.39. The second-order valence-corrected chi connectivity index (χ2v) is 7.22. The van der Waals surface area contributed by atoms with Gasteiger partial charge in [0.2, 0.25) is 5.91 Å². The number of furan rings is 1. The standard InChI is InChI=1S/C22H23FN4O3/c1-4-16(21(28)24-12-14-8-6-7-9-15(14)23)27-22(29)18-11-19-17(10-13(3)30-19)26(18)20(5-2)25-27/h6-11,16H,4-5,12H2,1-3H3,(H,24,28)/t16-/m1/s1. The fourth-order valence-corrected chi connectivity index (χ4v) is 3.73. The maximum Gasteiger partial charge on any atom is 0.291 e. The van der Waals surface area contributed by atoms with Crippen LogP contribution in [0.25, 0.3) is 16.6 Å². The molecule has 0 aliphatic rings. The molecule has 0 saturated carbocycles. The lowest BCUT2D eigenvalue weighted by molar-refractivity contribution is -0.125. The fourth-order valence-electron chi connectivity index (χ4n) is 3.73. The van der Waals surface area contributed by atoms with Crippen LogP contribution in [0.1, 0.15) is 43.5 Å². The number of nitrogens with zero attached hydrogens (tertiary/aromatic N) is 3. The van der Waals surface area contributed by atoms with Gasteiger partial charge in [0, 0.05) is 30.7 Å². The number of benzene rings is 1. The molecule has 3 aromatic heterocycles. The van der Waals surface area contributed by atoms with Gasteiger partial charge in [0.25, 0.3) is 5.56 Å². The second-order valence-electron chi connectivity index (χ2n) is 7.22. The Kier molecular flexibility index (Phi) is 5.15. The highest BCUT2D eigenvalue weighted by Crippen LogP contribution is 2.24. The highest BCUT2D eigenvalue weighted by molar-refractivity contribution is 5.83. The molecule has 3 heterocycles. The first-order valence-corrected chi connectivity index (χ1v) is 9.99. The highest BCUT2D eigenvalue weighted by atomic mass is 19.1. The number of hydrogen-bond acceptors (Lipinski definition) is 4. The maximum atomic E-state index is 13.9. The summed E-state index contributed by atoms with van der Waals surface area (Å²) in [6.07, 6.45) is 0.934. The summed E-state index contributed by atoms with van der Waals surface area (Å²) in [6, 6.07) is 9.01. The Hall–Kier alpha value is -3.42.